The molecular weight excluding hydrogens is 246 g/mol. The molecule has 6 heteroatoms. The van der Waals surface area contributed by atoms with E-state index in [1.165, 1.54) is 12.3 Å². The first-order valence-electron chi connectivity index (χ1n) is 6.30. The number of thioether (sulfide) groups is 1. The standard InChI is InChI=1S/C12H21N5S/c1-13-11-3-4-14-12(15-11)17-7-5-16(6-8-17)9-10-18-2/h3-4H,5-10H2,1-2H3,(H,13,14,15). The third-order valence-corrected chi connectivity index (χ3v) is 3.76. The quantitative estimate of drug-likeness (QED) is 0.859. The van der Waals surface area contributed by atoms with Crippen LogP contribution in [0.4, 0.5) is 11.8 Å². The van der Waals surface area contributed by atoms with Crippen molar-refractivity contribution in [2.45, 2.75) is 0 Å². The molecule has 0 spiro atoms. The molecule has 0 aromatic carbocycles. The third-order valence-electron chi connectivity index (χ3n) is 3.17. The Morgan fingerprint density at radius 2 is 2.11 bits per heavy atom. The molecule has 1 N–H and O–H groups in total. The van der Waals surface area contributed by atoms with Gasteiger partial charge in [-0.2, -0.15) is 16.7 Å². The van der Waals surface area contributed by atoms with E-state index in [2.05, 4.69) is 31.3 Å². The van der Waals surface area contributed by atoms with Crippen molar-refractivity contribution in [1.29, 1.82) is 0 Å². The van der Waals surface area contributed by atoms with Crippen molar-refractivity contribution in [3.8, 4) is 0 Å². The lowest BCUT2D eigenvalue weighted by Gasteiger charge is -2.34. The van der Waals surface area contributed by atoms with Crippen LogP contribution in [0.5, 0.6) is 0 Å². The number of anilines is 2. The van der Waals surface area contributed by atoms with E-state index in [1.54, 1.807) is 0 Å². The van der Waals surface area contributed by atoms with Crippen LogP contribution in [0.3, 0.4) is 0 Å². The predicted octanol–water partition coefficient (Wildman–Crippen LogP) is 1.00. The van der Waals surface area contributed by atoms with E-state index in [1.807, 2.05) is 31.1 Å². The molecule has 5 nitrogen and oxygen atoms in total. The fraction of sp³-hybridized carbons (Fsp3) is 0.667. The van der Waals surface area contributed by atoms with Gasteiger partial charge in [0.1, 0.15) is 5.82 Å². The van der Waals surface area contributed by atoms with Crippen molar-refractivity contribution in [3.63, 3.8) is 0 Å². The van der Waals surface area contributed by atoms with E-state index >= 15 is 0 Å². The number of nitrogens with one attached hydrogen (secondary N) is 1. The highest BCUT2D eigenvalue weighted by molar-refractivity contribution is 7.98. The number of nitrogens with zero attached hydrogens (tertiary/aromatic N) is 4. The van der Waals surface area contributed by atoms with Crippen LogP contribution in [0.1, 0.15) is 0 Å². The average Bonchev–Trinajstić information content (AvgIpc) is 2.46. The lowest BCUT2D eigenvalue weighted by molar-refractivity contribution is 0.272. The second kappa shape index (κ2) is 6.80. The molecule has 1 fully saturated rings. The largest absolute Gasteiger partial charge is 0.373 e. The van der Waals surface area contributed by atoms with Crippen molar-refractivity contribution < 1.29 is 0 Å². The van der Waals surface area contributed by atoms with E-state index in [0.29, 0.717) is 0 Å². The average molecular weight is 267 g/mol. The van der Waals surface area contributed by atoms with E-state index in [-0.39, 0.29) is 0 Å². The van der Waals surface area contributed by atoms with Gasteiger partial charge in [0.05, 0.1) is 0 Å². The molecule has 2 rings (SSSR count). The highest BCUT2D eigenvalue weighted by atomic mass is 32.2. The van der Waals surface area contributed by atoms with Gasteiger partial charge in [0.15, 0.2) is 0 Å². The molecule has 0 radical (unpaired) electrons. The first-order chi connectivity index (χ1) is 8.83. The zero-order valence-electron chi connectivity index (χ0n) is 11.1. The van der Waals surface area contributed by atoms with Gasteiger partial charge in [-0.3, -0.25) is 4.90 Å². The van der Waals surface area contributed by atoms with Gasteiger partial charge in [0.25, 0.3) is 0 Å². The van der Waals surface area contributed by atoms with E-state index in [0.717, 1.165) is 37.9 Å². The zero-order chi connectivity index (χ0) is 12.8. The zero-order valence-corrected chi connectivity index (χ0v) is 11.9. The molecule has 0 unspecified atom stereocenters. The molecule has 2 heterocycles. The summed E-state index contributed by atoms with van der Waals surface area (Å²) in [6, 6.07) is 1.89. The van der Waals surface area contributed by atoms with Crippen LogP contribution < -0.4 is 10.2 Å². The highest BCUT2D eigenvalue weighted by Crippen LogP contribution is 2.13. The summed E-state index contributed by atoms with van der Waals surface area (Å²) in [4.78, 5) is 13.6. The molecule has 1 aliphatic rings. The van der Waals surface area contributed by atoms with Gasteiger partial charge in [0, 0.05) is 51.7 Å². The molecule has 1 saturated heterocycles. The van der Waals surface area contributed by atoms with Crippen molar-refractivity contribution in [3.05, 3.63) is 12.3 Å². The second-order valence-electron chi connectivity index (χ2n) is 4.31. The maximum Gasteiger partial charge on any atom is 0.227 e. The van der Waals surface area contributed by atoms with Gasteiger partial charge in [-0.15, -0.1) is 0 Å². The summed E-state index contributed by atoms with van der Waals surface area (Å²) in [5.41, 5.74) is 0. The Hall–Kier alpha value is -1.01. The van der Waals surface area contributed by atoms with Crippen molar-refractivity contribution in [1.82, 2.24) is 14.9 Å². The normalized spacial score (nSPS) is 16.9. The Kier molecular flexibility index (Phi) is 5.07. The molecule has 0 bridgehead atoms. The van der Waals surface area contributed by atoms with E-state index < -0.39 is 0 Å². The topological polar surface area (TPSA) is 44.3 Å². The van der Waals surface area contributed by atoms with Gasteiger partial charge in [0.2, 0.25) is 5.95 Å². The smallest absolute Gasteiger partial charge is 0.227 e. The van der Waals surface area contributed by atoms with Crippen molar-refractivity contribution >= 4 is 23.5 Å². The summed E-state index contributed by atoms with van der Waals surface area (Å²) in [6.07, 6.45) is 3.97. The Morgan fingerprint density at radius 1 is 1.33 bits per heavy atom. The van der Waals surface area contributed by atoms with Crippen LogP contribution in [0.25, 0.3) is 0 Å². The van der Waals surface area contributed by atoms with Gasteiger partial charge < -0.3 is 10.2 Å². The summed E-state index contributed by atoms with van der Waals surface area (Å²) in [5.74, 6) is 2.93. The Bertz CT molecular complexity index is 365. The minimum Gasteiger partial charge on any atom is -0.373 e. The Balaban J connectivity index is 1.88. The highest BCUT2D eigenvalue weighted by Gasteiger charge is 2.18. The fourth-order valence-electron chi connectivity index (χ4n) is 2.03. The number of hydrogen-bond acceptors (Lipinski definition) is 6. The van der Waals surface area contributed by atoms with Gasteiger partial charge in [-0.05, 0) is 12.3 Å². The lowest BCUT2D eigenvalue weighted by atomic mass is 10.3. The summed E-state index contributed by atoms with van der Waals surface area (Å²) in [7, 11) is 1.88. The van der Waals surface area contributed by atoms with Crippen molar-refractivity contribution in [2.24, 2.45) is 0 Å². The Labute approximate surface area is 113 Å². The van der Waals surface area contributed by atoms with Crippen LogP contribution >= 0.6 is 11.8 Å². The number of hydrogen-bond donors (Lipinski definition) is 1. The molecule has 18 heavy (non-hydrogen) atoms. The molecule has 0 amide bonds. The SMILES string of the molecule is CNc1ccnc(N2CCN(CCSC)CC2)n1. The number of aromatic nitrogens is 2. The maximum absolute atomic E-state index is 4.48. The number of piperazine rings is 1. The molecule has 1 aromatic heterocycles. The molecule has 1 aliphatic heterocycles. The summed E-state index contributed by atoms with van der Waals surface area (Å²) in [5, 5.41) is 3.05. The van der Waals surface area contributed by atoms with Crippen LogP contribution in [-0.2, 0) is 0 Å². The fourth-order valence-corrected chi connectivity index (χ4v) is 2.47. The van der Waals surface area contributed by atoms with Crippen LogP contribution in [0.2, 0.25) is 0 Å². The predicted molar refractivity (Wildman–Crippen MR) is 78.6 cm³/mol. The van der Waals surface area contributed by atoms with Crippen molar-refractivity contribution in [2.75, 3.05) is 62.0 Å². The minimum atomic E-state index is 0.839. The molecule has 0 atom stereocenters. The summed E-state index contributed by atoms with van der Waals surface area (Å²) in [6.45, 7) is 5.43. The minimum absolute atomic E-state index is 0.839. The first-order valence-corrected chi connectivity index (χ1v) is 7.70. The van der Waals surface area contributed by atoms with Crippen LogP contribution in [-0.4, -0.2) is 66.6 Å². The summed E-state index contributed by atoms with van der Waals surface area (Å²) < 4.78 is 0. The van der Waals surface area contributed by atoms with E-state index in [4.69, 9.17) is 0 Å². The maximum atomic E-state index is 4.48. The van der Waals surface area contributed by atoms with Gasteiger partial charge >= 0.3 is 0 Å². The third kappa shape index (κ3) is 3.49. The molecule has 100 valence electrons. The second-order valence-corrected chi connectivity index (χ2v) is 5.30. The monoisotopic (exact) mass is 267 g/mol. The van der Waals surface area contributed by atoms with E-state index in [9.17, 15) is 0 Å². The number of rotatable bonds is 5. The first kappa shape index (κ1) is 13.4. The van der Waals surface area contributed by atoms with Gasteiger partial charge in [-0.1, -0.05) is 0 Å². The molecule has 0 aliphatic carbocycles. The van der Waals surface area contributed by atoms with Gasteiger partial charge in [-0.25, -0.2) is 4.98 Å². The molecule has 0 saturated carbocycles. The van der Waals surface area contributed by atoms with Crippen LogP contribution in [0, 0.1) is 0 Å². The van der Waals surface area contributed by atoms with Crippen LogP contribution in [0.15, 0.2) is 12.3 Å². The summed E-state index contributed by atoms with van der Waals surface area (Å²) >= 11 is 1.91. The molecular formula is C12H21N5S. The Morgan fingerprint density at radius 3 is 2.78 bits per heavy atom. The lowest BCUT2D eigenvalue weighted by Crippen LogP contribution is -2.47. The molecule has 1 aromatic rings.